The first-order valence-electron chi connectivity index (χ1n) is 7.89. The number of rotatable bonds is 3. The summed E-state index contributed by atoms with van der Waals surface area (Å²) in [5.74, 6) is 0.209. The van der Waals surface area contributed by atoms with E-state index in [1.165, 1.54) is 0 Å². The summed E-state index contributed by atoms with van der Waals surface area (Å²) in [6, 6.07) is 1.58. The lowest BCUT2D eigenvalue weighted by Crippen LogP contribution is -2.40. The third-order valence-corrected chi connectivity index (χ3v) is 5.13. The molecule has 0 radical (unpaired) electrons. The summed E-state index contributed by atoms with van der Waals surface area (Å²) in [6.45, 7) is 5.27. The first kappa shape index (κ1) is 15.9. The van der Waals surface area contributed by atoms with E-state index in [9.17, 15) is 9.90 Å². The minimum Gasteiger partial charge on any atom is -0.505 e. The number of carbonyl (C=O) groups excluding carboxylic acids is 1. The highest BCUT2D eigenvalue weighted by Crippen LogP contribution is 2.25. The number of aromatic hydroxyl groups is 1. The third kappa shape index (κ3) is 3.69. The quantitative estimate of drug-likeness (QED) is 0.939. The minimum atomic E-state index is -0.178. The van der Waals surface area contributed by atoms with Crippen LogP contribution in [0.4, 0.5) is 0 Å². The van der Waals surface area contributed by atoms with Gasteiger partial charge < -0.3 is 10.0 Å². The Morgan fingerprint density at radius 3 is 3.00 bits per heavy atom. The molecule has 0 saturated carbocycles. The molecule has 1 aliphatic rings. The summed E-state index contributed by atoms with van der Waals surface area (Å²) >= 11 is 1.69. The molecule has 1 fully saturated rings. The summed E-state index contributed by atoms with van der Waals surface area (Å²) in [5, 5.41) is 13.2. The molecule has 5 nitrogen and oxygen atoms in total. The Bertz CT molecular complexity index is 714. The number of piperidine rings is 1. The molecule has 1 saturated heterocycles. The van der Waals surface area contributed by atoms with Gasteiger partial charge in [-0.2, -0.15) is 0 Å². The zero-order valence-corrected chi connectivity index (χ0v) is 14.3. The second kappa shape index (κ2) is 6.66. The van der Waals surface area contributed by atoms with Gasteiger partial charge in [-0.3, -0.25) is 4.79 Å². The van der Waals surface area contributed by atoms with Gasteiger partial charge in [-0.25, -0.2) is 9.97 Å². The van der Waals surface area contributed by atoms with Crippen LogP contribution in [0.25, 0.3) is 0 Å². The molecule has 122 valence electrons. The van der Waals surface area contributed by atoms with Gasteiger partial charge in [0.2, 0.25) is 0 Å². The maximum atomic E-state index is 12.6. The summed E-state index contributed by atoms with van der Waals surface area (Å²) in [4.78, 5) is 23.1. The Balaban J connectivity index is 1.69. The SMILES string of the molecule is Cc1cnc(C(=O)N2CCCC(Cc3nc(C)cs3)C2)c(O)c1. The maximum Gasteiger partial charge on any atom is 0.276 e. The lowest BCUT2D eigenvalue weighted by atomic mass is 9.95. The van der Waals surface area contributed by atoms with Gasteiger partial charge in [0.05, 0.1) is 5.01 Å². The monoisotopic (exact) mass is 331 g/mol. The van der Waals surface area contributed by atoms with Crippen molar-refractivity contribution in [2.24, 2.45) is 5.92 Å². The van der Waals surface area contributed by atoms with Crippen molar-refractivity contribution in [3.63, 3.8) is 0 Å². The lowest BCUT2D eigenvalue weighted by Gasteiger charge is -2.32. The van der Waals surface area contributed by atoms with E-state index < -0.39 is 0 Å². The molecule has 2 aromatic heterocycles. The number of hydrogen-bond acceptors (Lipinski definition) is 5. The predicted molar refractivity (Wildman–Crippen MR) is 89.8 cm³/mol. The molecule has 2 aromatic rings. The molecule has 1 amide bonds. The number of amides is 1. The normalized spacial score (nSPS) is 18.2. The highest BCUT2D eigenvalue weighted by Gasteiger charge is 2.27. The Kier molecular flexibility index (Phi) is 4.61. The molecule has 0 aliphatic carbocycles. The van der Waals surface area contributed by atoms with Gasteiger partial charge in [0.1, 0.15) is 5.75 Å². The van der Waals surface area contributed by atoms with Crippen molar-refractivity contribution in [3.8, 4) is 5.75 Å². The van der Waals surface area contributed by atoms with E-state index in [1.807, 2.05) is 18.7 Å². The van der Waals surface area contributed by atoms with E-state index in [1.54, 1.807) is 23.6 Å². The van der Waals surface area contributed by atoms with Crippen molar-refractivity contribution in [1.82, 2.24) is 14.9 Å². The molecular formula is C17H21N3O2S. The lowest BCUT2D eigenvalue weighted by molar-refractivity contribution is 0.0664. The van der Waals surface area contributed by atoms with Crippen LogP contribution in [0.3, 0.4) is 0 Å². The zero-order valence-electron chi connectivity index (χ0n) is 13.5. The van der Waals surface area contributed by atoms with Crippen LogP contribution in [0.2, 0.25) is 0 Å². The number of carbonyl (C=O) groups is 1. The van der Waals surface area contributed by atoms with Crippen molar-refractivity contribution in [1.29, 1.82) is 0 Å². The molecule has 0 spiro atoms. The van der Waals surface area contributed by atoms with E-state index in [4.69, 9.17) is 0 Å². The van der Waals surface area contributed by atoms with Crippen LogP contribution in [-0.2, 0) is 6.42 Å². The Hall–Kier alpha value is -1.95. The second-order valence-corrected chi connectivity index (χ2v) is 7.17. The number of aryl methyl sites for hydroxylation is 2. The topological polar surface area (TPSA) is 66.3 Å². The van der Waals surface area contributed by atoms with Gasteiger partial charge in [0.15, 0.2) is 5.69 Å². The molecule has 1 atom stereocenters. The molecular weight excluding hydrogens is 310 g/mol. The van der Waals surface area contributed by atoms with Crippen molar-refractivity contribution in [2.45, 2.75) is 33.1 Å². The van der Waals surface area contributed by atoms with E-state index in [2.05, 4.69) is 15.3 Å². The highest BCUT2D eigenvalue weighted by molar-refractivity contribution is 7.09. The molecule has 1 N–H and O–H groups in total. The Morgan fingerprint density at radius 1 is 1.48 bits per heavy atom. The van der Waals surface area contributed by atoms with Crippen molar-refractivity contribution < 1.29 is 9.90 Å². The van der Waals surface area contributed by atoms with Gasteiger partial charge in [-0.15, -0.1) is 11.3 Å². The van der Waals surface area contributed by atoms with E-state index in [0.29, 0.717) is 12.5 Å². The Labute approximate surface area is 140 Å². The third-order valence-electron chi connectivity index (χ3n) is 4.14. The zero-order chi connectivity index (χ0) is 16.4. The molecule has 3 rings (SSSR count). The van der Waals surface area contributed by atoms with Crippen molar-refractivity contribution in [3.05, 3.63) is 39.6 Å². The van der Waals surface area contributed by atoms with Crippen molar-refractivity contribution in [2.75, 3.05) is 13.1 Å². The highest BCUT2D eigenvalue weighted by atomic mass is 32.1. The molecule has 23 heavy (non-hydrogen) atoms. The second-order valence-electron chi connectivity index (χ2n) is 6.23. The van der Waals surface area contributed by atoms with E-state index >= 15 is 0 Å². The molecule has 1 aliphatic heterocycles. The largest absolute Gasteiger partial charge is 0.505 e. The predicted octanol–water partition coefficient (Wildman–Crippen LogP) is 2.96. The molecule has 0 bridgehead atoms. The Morgan fingerprint density at radius 2 is 2.30 bits per heavy atom. The fourth-order valence-electron chi connectivity index (χ4n) is 3.03. The van der Waals surface area contributed by atoms with Gasteiger partial charge in [0.25, 0.3) is 5.91 Å². The number of aromatic nitrogens is 2. The summed E-state index contributed by atoms with van der Waals surface area (Å²) in [5.41, 5.74) is 2.05. The summed E-state index contributed by atoms with van der Waals surface area (Å²) in [6.07, 6.45) is 4.62. The van der Waals surface area contributed by atoms with Crippen LogP contribution >= 0.6 is 11.3 Å². The van der Waals surface area contributed by atoms with E-state index in [-0.39, 0.29) is 17.4 Å². The first-order chi connectivity index (χ1) is 11.0. The first-order valence-corrected chi connectivity index (χ1v) is 8.77. The summed E-state index contributed by atoms with van der Waals surface area (Å²) < 4.78 is 0. The molecule has 1 unspecified atom stereocenters. The van der Waals surface area contributed by atoms with Crippen LogP contribution in [-0.4, -0.2) is 39.0 Å². The average Bonchev–Trinajstić information content (AvgIpc) is 2.92. The standard InChI is InChI=1S/C17H21N3O2S/c1-11-6-14(21)16(18-8-11)17(22)20-5-3-4-13(9-20)7-15-19-12(2)10-23-15/h6,8,10,13,21H,3-5,7,9H2,1-2H3. The molecule has 3 heterocycles. The van der Waals surface area contributed by atoms with Crippen LogP contribution in [0.15, 0.2) is 17.6 Å². The van der Waals surface area contributed by atoms with Crippen LogP contribution in [0.1, 0.15) is 39.6 Å². The number of thiazole rings is 1. The summed E-state index contributed by atoms with van der Waals surface area (Å²) in [7, 11) is 0. The number of hydrogen-bond donors (Lipinski definition) is 1. The van der Waals surface area contributed by atoms with Crippen LogP contribution < -0.4 is 0 Å². The number of likely N-dealkylation sites (tertiary alicyclic amines) is 1. The molecule has 6 heteroatoms. The fourth-order valence-corrected chi connectivity index (χ4v) is 3.92. The fraction of sp³-hybridized carbons (Fsp3) is 0.471. The smallest absolute Gasteiger partial charge is 0.276 e. The number of nitrogens with zero attached hydrogens (tertiary/aromatic N) is 3. The van der Waals surface area contributed by atoms with Gasteiger partial charge >= 0.3 is 0 Å². The minimum absolute atomic E-state index is 0.0346. The van der Waals surface area contributed by atoms with Gasteiger partial charge in [-0.05, 0) is 44.2 Å². The van der Waals surface area contributed by atoms with Gasteiger partial charge in [-0.1, -0.05) is 0 Å². The van der Waals surface area contributed by atoms with E-state index in [0.717, 1.165) is 42.1 Å². The average molecular weight is 331 g/mol. The maximum absolute atomic E-state index is 12.6. The van der Waals surface area contributed by atoms with Gasteiger partial charge in [0, 0.05) is 36.8 Å². The molecule has 0 aromatic carbocycles. The van der Waals surface area contributed by atoms with Crippen molar-refractivity contribution >= 4 is 17.2 Å². The van der Waals surface area contributed by atoms with Crippen LogP contribution in [0, 0.1) is 19.8 Å². The van der Waals surface area contributed by atoms with Crippen LogP contribution in [0.5, 0.6) is 5.75 Å². The number of pyridine rings is 1.